The first-order valence-corrected chi connectivity index (χ1v) is 10.5. The Morgan fingerprint density at radius 2 is 2.03 bits per heavy atom. The number of aryl methyl sites for hydroxylation is 2. The summed E-state index contributed by atoms with van der Waals surface area (Å²) in [7, 11) is 0. The molecule has 4 rings (SSSR count). The number of nitrogens with one attached hydrogen (secondary N) is 1. The van der Waals surface area contributed by atoms with Gasteiger partial charge in [-0.25, -0.2) is 0 Å². The summed E-state index contributed by atoms with van der Waals surface area (Å²) >= 11 is 0. The zero-order valence-electron chi connectivity index (χ0n) is 17.0. The number of carbonyl (C=O) groups excluding carboxylic acids is 2. The van der Waals surface area contributed by atoms with E-state index in [-0.39, 0.29) is 17.7 Å². The topological polar surface area (TPSA) is 70.5 Å². The lowest BCUT2D eigenvalue weighted by Gasteiger charge is -2.20. The Labute approximate surface area is 171 Å². The quantitative estimate of drug-likeness (QED) is 0.773. The lowest BCUT2D eigenvalue weighted by Crippen LogP contribution is -2.38. The summed E-state index contributed by atoms with van der Waals surface area (Å²) in [4.78, 5) is 29.2. The van der Waals surface area contributed by atoms with Gasteiger partial charge in [-0.2, -0.15) is 5.10 Å². The van der Waals surface area contributed by atoms with Gasteiger partial charge in [0, 0.05) is 63.3 Å². The van der Waals surface area contributed by atoms with E-state index in [1.165, 1.54) is 11.3 Å². The van der Waals surface area contributed by atoms with E-state index in [1.54, 1.807) is 6.20 Å². The molecule has 1 saturated heterocycles. The molecule has 1 fully saturated rings. The molecule has 2 aliphatic heterocycles. The first kappa shape index (κ1) is 19.5. The van der Waals surface area contributed by atoms with Crippen molar-refractivity contribution in [2.75, 3.05) is 37.6 Å². The third kappa shape index (κ3) is 4.44. The Kier molecular flexibility index (Phi) is 5.83. The van der Waals surface area contributed by atoms with Gasteiger partial charge in [-0.1, -0.05) is 18.2 Å². The molecular weight excluding hydrogens is 366 g/mol. The van der Waals surface area contributed by atoms with Gasteiger partial charge in [-0.05, 0) is 37.5 Å². The number of amides is 2. The van der Waals surface area contributed by atoms with Crippen LogP contribution in [0.5, 0.6) is 0 Å². The van der Waals surface area contributed by atoms with Gasteiger partial charge >= 0.3 is 0 Å². The maximum absolute atomic E-state index is 12.5. The molecule has 7 heteroatoms. The van der Waals surface area contributed by atoms with Gasteiger partial charge in [-0.3, -0.25) is 14.3 Å². The second-order valence-electron chi connectivity index (χ2n) is 7.93. The highest BCUT2D eigenvalue weighted by Gasteiger charge is 2.30. The summed E-state index contributed by atoms with van der Waals surface area (Å²) < 4.78 is 1.84. The van der Waals surface area contributed by atoms with Crippen molar-refractivity contribution < 1.29 is 9.59 Å². The SMILES string of the molecule is Cc1ccnn1CCC(=O)N1CCC(C(=O)NCCN2CCc3ccccc32)C1. The average molecular weight is 396 g/mol. The average Bonchev–Trinajstić information content (AvgIpc) is 3.46. The van der Waals surface area contributed by atoms with Crippen molar-refractivity contribution in [1.82, 2.24) is 20.0 Å². The van der Waals surface area contributed by atoms with Crippen LogP contribution < -0.4 is 10.2 Å². The third-order valence-electron chi connectivity index (χ3n) is 6.04. The van der Waals surface area contributed by atoms with Gasteiger partial charge in [0.05, 0.1) is 5.92 Å². The Balaban J connectivity index is 1.19. The molecule has 7 nitrogen and oxygen atoms in total. The van der Waals surface area contributed by atoms with Crippen LogP contribution in [0.1, 0.15) is 24.1 Å². The van der Waals surface area contributed by atoms with Crippen LogP contribution in [0.15, 0.2) is 36.5 Å². The molecule has 1 aromatic carbocycles. The number of anilines is 1. The molecular formula is C22H29N5O2. The van der Waals surface area contributed by atoms with Crippen LogP contribution in [-0.2, 0) is 22.6 Å². The van der Waals surface area contributed by atoms with Crippen LogP contribution >= 0.6 is 0 Å². The van der Waals surface area contributed by atoms with Gasteiger partial charge in [0.1, 0.15) is 0 Å². The minimum absolute atomic E-state index is 0.0655. The highest BCUT2D eigenvalue weighted by molar-refractivity contribution is 5.82. The summed E-state index contributed by atoms with van der Waals surface area (Å²) in [5.74, 6) is 0.0656. The van der Waals surface area contributed by atoms with Crippen molar-refractivity contribution in [2.45, 2.75) is 32.7 Å². The summed E-state index contributed by atoms with van der Waals surface area (Å²) in [6.45, 7) is 6.22. The number of fused-ring (bicyclic) bond motifs is 1. The highest BCUT2D eigenvalue weighted by atomic mass is 16.2. The number of rotatable bonds is 7. The molecule has 1 N–H and O–H groups in total. The van der Waals surface area contributed by atoms with Crippen LogP contribution in [-0.4, -0.2) is 59.2 Å². The fourth-order valence-corrected chi connectivity index (χ4v) is 4.29. The second kappa shape index (κ2) is 8.68. The summed E-state index contributed by atoms with van der Waals surface area (Å²) in [5.41, 5.74) is 3.72. The van der Waals surface area contributed by atoms with Crippen LogP contribution in [0, 0.1) is 12.8 Å². The van der Waals surface area contributed by atoms with Crippen molar-refractivity contribution in [3.8, 4) is 0 Å². The molecule has 29 heavy (non-hydrogen) atoms. The monoisotopic (exact) mass is 395 g/mol. The fourth-order valence-electron chi connectivity index (χ4n) is 4.29. The smallest absolute Gasteiger partial charge is 0.225 e. The van der Waals surface area contributed by atoms with Crippen LogP contribution in [0.25, 0.3) is 0 Å². The predicted octanol–water partition coefficient (Wildman–Crippen LogP) is 1.61. The lowest BCUT2D eigenvalue weighted by atomic mass is 10.1. The zero-order chi connectivity index (χ0) is 20.2. The molecule has 3 heterocycles. The van der Waals surface area contributed by atoms with Gasteiger partial charge in [0.15, 0.2) is 0 Å². The molecule has 1 atom stereocenters. The number of aromatic nitrogens is 2. The molecule has 0 bridgehead atoms. The van der Waals surface area contributed by atoms with Gasteiger partial charge < -0.3 is 15.1 Å². The summed E-state index contributed by atoms with van der Waals surface area (Å²) in [6, 6.07) is 10.4. The zero-order valence-corrected chi connectivity index (χ0v) is 17.0. The van der Waals surface area contributed by atoms with Gasteiger partial charge in [0.25, 0.3) is 0 Å². The van der Waals surface area contributed by atoms with E-state index in [0.29, 0.717) is 32.6 Å². The fraction of sp³-hybridized carbons (Fsp3) is 0.500. The van der Waals surface area contributed by atoms with Crippen molar-refractivity contribution in [3.63, 3.8) is 0 Å². The molecule has 0 spiro atoms. The maximum atomic E-state index is 12.5. The highest BCUT2D eigenvalue weighted by Crippen LogP contribution is 2.26. The first-order valence-electron chi connectivity index (χ1n) is 10.5. The van der Waals surface area contributed by atoms with E-state index >= 15 is 0 Å². The number of likely N-dealkylation sites (tertiary alicyclic amines) is 1. The van der Waals surface area contributed by atoms with E-state index in [2.05, 4.69) is 39.6 Å². The van der Waals surface area contributed by atoms with Crippen molar-refractivity contribution in [2.24, 2.45) is 5.92 Å². The molecule has 1 aromatic heterocycles. The molecule has 0 saturated carbocycles. The molecule has 0 aliphatic carbocycles. The number of para-hydroxylation sites is 1. The van der Waals surface area contributed by atoms with E-state index in [0.717, 1.165) is 31.6 Å². The first-order chi connectivity index (χ1) is 14.1. The molecule has 2 aliphatic rings. The Morgan fingerprint density at radius 3 is 2.86 bits per heavy atom. The normalized spacial score (nSPS) is 18.2. The summed E-state index contributed by atoms with van der Waals surface area (Å²) in [5, 5.41) is 7.29. The van der Waals surface area contributed by atoms with Crippen molar-refractivity contribution in [3.05, 3.63) is 47.8 Å². The minimum atomic E-state index is -0.101. The maximum Gasteiger partial charge on any atom is 0.225 e. The number of nitrogens with zero attached hydrogens (tertiary/aromatic N) is 4. The minimum Gasteiger partial charge on any atom is -0.369 e. The standard InChI is InChI=1S/C22H29N5O2/c1-17-6-10-24-27(17)14-9-21(28)26-13-8-19(16-26)22(29)23-11-15-25-12-7-18-4-2-3-5-20(18)25/h2-6,10,19H,7-9,11-16H2,1H3,(H,23,29). The number of benzene rings is 1. The molecule has 2 aromatic rings. The van der Waals surface area contributed by atoms with E-state index in [9.17, 15) is 9.59 Å². The Hall–Kier alpha value is -2.83. The van der Waals surface area contributed by atoms with Gasteiger partial charge in [-0.15, -0.1) is 0 Å². The number of carbonyl (C=O) groups is 2. The third-order valence-corrected chi connectivity index (χ3v) is 6.04. The number of hydrogen-bond acceptors (Lipinski definition) is 4. The van der Waals surface area contributed by atoms with Gasteiger partial charge in [0.2, 0.25) is 11.8 Å². The van der Waals surface area contributed by atoms with Crippen LogP contribution in [0.3, 0.4) is 0 Å². The molecule has 0 radical (unpaired) electrons. The lowest BCUT2D eigenvalue weighted by molar-refractivity contribution is -0.131. The second-order valence-corrected chi connectivity index (χ2v) is 7.93. The largest absolute Gasteiger partial charge is 0.369 e. The van der Waals surface area contributed by atoms with Crippen LogP contribution in [0.2, 0.25) is 0 Å². The molecule has 2 amide bonds. The summed E-state index contributed by atoms with van der Waals surface area (Å²) in [6.07, 6.45) is 3.98. The van der Waals surface area contributed by atoms with E-state index in [1.807, 2.05) is 22.6 Å². The van der Waals surface area contributed by atoms with Crippen molar-refractivity contribution >= 4 is 17.5 Å². The van der Waals surface area contributed by atoms with E-state index < -0.39 is 0 Å². The van der Waals surface area contributed by atoms with E-state index in [4.69, 9.17) is 0 Å². The van der Waals surface area contributed by atoms with Crippen LogP contribution in [0.4, 0.5) is 5.69 Å². The Morgan fingerprint density at radius 1 is 1.17 bits per heavy atom. The number of hydrogen-bond donors (Lipinski definition) is 1. The Bertz CT molecular complexity index is 878. The molecule has 154 valence electrons. The van der Waals surface area contributed by atoms with Crippen molar-refractivity contribution in [1.29, 1.82) is 0 Å². The predicted molar refractivity (Wildman–Crippen MR) is 112 cm³/mol. The molecule has 1 unspecified atom stereocenters.